The van der Waals surface area contributed by atoms with Crippen molar-refractivity contribution in [1.29, 1.82) is 0 Å². The number of Topliss-reactive ketones (excluding diaryl/α,β-unsaturated/α-hetero) is 1. The van der Waals surface area contributed by atoms with Gasteiger partial charge in [-0.1, -0.05) is 13.0 Å². The largest absolute Gasteiger partial charge is 0.502 e. The Morgan fingerprint density at radius 3 is 2.75 bits per heavy atom. The van der Waals surface area contributed by atoms with E-state index in [-0.39, 0.29) is 12.4 Å². The number of aromatic hydroxyl groups is 1. The van der Waals surface area contributed by atoms with Crippen molar-refractivity contribution in [3.05, 3.63) is 45.1 Å². The Morgan fingerprint density at radius 2 is 2.11 bits per heavy atom. The van der Waals surface area contributed by atoms with Crippen LogP contribution in [-0.2, 0) is 14.3 Å². The number of nitrogens with zero attached hydrogens (tertiary/aromatic N) is 2. The van der Waals surface area contributed by atoms with E-state index in [0.29, 0.717) is 48.2 Å². The zero-order valence-electron chi connectivity index (χ0n) is 15.8. The van der Waals surface area contributed by atoms with Gasteiger partial charge in [-0.25, -0.2) is 0 Å². The molecule has 0 saturated heterocycles. The topological polar surface area (TPSA) is 119 Å². The third-order valence-corrected chi connectivity index (χ3v) is 5.17. The zero-order chi connectivity index (χ0) is 20.4. The molecule has 0 radical (unpaired) electrons. The molecule has 1 aromatic rings. The van der Waals surface area contributed by atoms with Gasteiger partial charge in [-0.15, -0.1) is 0 Å². The van der Waals surface area contributed by atoms with Crippen LogP contribution >= 0.6 is 0 Å². The molecule has 0 saturated carbocycles. The molecular formula is C20H22N2O6. The summed E-state index contributed by atoms with van der Waals surface area (Å²) < 4.78 is 5.24. The van der Waals surface area contributed by atoms with E-state index in [4.69, 9.17) is 4.74 Å². The number of allylic oxidation sites excluding steroid dienone is 2. The van der Waals surface area contributed by atoms with E-state index in [2.05, 4.69) is 4.99 Å². The maximum absolute atomic E-state index is 12.8. The minimum Gasteiger partial charge on any atom is -0.502 e. The van der Waals surface area contributed by atoms with Gasteiger partial charge in [0, 0.05) is 35.4 Å². The number of rotatable bonds is 5. The fourth-order valence-electron chi connectivity index (χ4n) is 3.96. The lowest BCUT2D eigenvalue weighted by Crippen LogP contribution is -2.38. The number of carbonyl (C=O) groups is 2. The summed E-state index contributed by atoms with van der Waals surface area (Å²) in [6.45, 7) is 3.74. The molecule has 8 heteroatoms. The number of nitro groups is 1. The summed E-state index contributed by atoms with van der Waals surface area (Å²) in [7, 11) is 0. The minimum atomic E-state index is -0.824. The molecule has 1 aromatic carbocycles. The lowest BCUT2D eigenvalue weighted by molar-refractivity contribution is -0.385. The van der Waals surface area contributed by atoms with Gasteiger partial charge in [0.15, 0.2) is 11.5 Å². The monoisotopic (exact) mass is 386 g/mol. The average molecular weight is 386 g/mol. The molecule has 0 amide bonds. The number of hydrogen-bond donors (Lipinski definition) is 1. The molecule has 0 fully saturated rings. The Balaban J connectivity index is 2.22. The number of ketones is 1. The van der Waals surface area contributed by atoms with Gasteiger partial charge >= 0.3 is 11.7 Å². The van der Waals surface area contributed by atoms with Gasteiger partial charge < -0.3 is 9.84 Å². The summed E-state index contributed by atoms with van der Waals surface area (Å²) in [6.07, 6.45) is 2.15. The second-order valence-corrected chi connectivity index (χ2v) is 6.81. The Labute approximate surface area is 162 Å². The molecule has 1 heterocycles. The standard InChI is InChI=1S/C20H22N2O6/c1-3-12-19(20(25)28-4-2)17(18-13(21-12)6-5-7-16(18)24)11-8-9-15(23)14(10-11)22(26)27/h8-10,17,19,23H,3-7H2,1-2H3/t17-,19?/m0/s1. The summed E-state index contributed by atoms with van der Waals surface area (Å²) in [4.78, 5) is 40.8. The number of aliphatic imine (C=N–C) groups is 1. The molecule has 8 nitrogen and oxygen atoms in total. The van der Waals surface area contributed by atoms with Crippen molar-refractivity contribution in [1.82, 2.24) is 0 Å². The van der Waals surface area contributed by atoms with E-state index in [1.807, 2.05) is 6.92 Å². The third kappa shape index (κ3) is 3.42. The van der Waals surface area contributed by atoms with Crippen molar-refractivity contribution in [2.45, 2.75) is 45.4 Å². The second kappa shape index (κ2) is 7.92. The fraction of sp³-hybridized carbons (Fsp3) is 0.450. The van der Waals surface area contributed by atoms with E-state index in [1.54, 1.807) is 6.92 Å². The minimum absolute atomic E-state index is 0.102. The number of ether oxygens (including phenoxy) is 1. The summed E-state index contributed by atoms with van der Waals surface area (Å²) in [6, 6.07) is 3.97. The van der Waals surface area contributed by atoms with Crippen molar-refractivity contribution < 1.29 is 24.4 Å². The molecule has 1 aliphatic heterocycles. The summed E-state index contributed by atoms with van der Waals surface area (Å²) in [5, 5.41) is 21.1. The maximum Gasteiger partial charge on any atom is 0.315 e. The molecule has 2 atom stereocenters. The van der Waals surface area contributed by atoms with Crippen molar-refractivity contribution in [3.8, 4) is 5.75 Å². The SMILES string of the molecule is CCOC(=O)C1C(CC)=NC2=C(C(=O)CCC2)[C@@H]1c1ccc(O)c([N+](=O)[O-])c1. The van der Waals surface area contributed by atoms with Crippen molar-refractivity contribution in [2.75, 3.05) is 6.61 Å². The number of benzene rings is 1. The van der Waals surface area contributed by atoms with Crippen LogP contribution in [0.15, 0.2) is 34.5 Å². The molecule has 28 heavy (non-hydrogen) atoms. The van der Waals surface area contributed by atoms with Crippen LogP contribution in [0.5, 0.6) is 5.75 Å². The van der Waals surface area contributed by atoms with Gasteiger partial charge in [0.25, 0.3) is 0 Å². The highest BCUT2D eigenvalue weighted by molar-refractivity contribution is 6.09. The normalized spacial score (nSPS) is 21.8. The Bertz CT molecular complexity index is 902. The van der Waals surface area contributed by atoms with Crippen molar-refractivity contribution in [2.24, 2.45) is 10.9 Å². The number of carbonyl (C=O) groups excluding carboxylic acids is 2. The molecule has 148 valence electrons. The first kappa shape index (κ1) is 19.7. The zero-order valence-corrected chi connectivity index (χ0v) is 15.8. The first-order valence-corrected chi connectivity index (χ1v) is 9.36. The molecule has 0 aromatic heterocycles. The Kier molecular flexibility index (Phi) is 5.58. The van der Waals surface area contributed by atoms with Crippen molar-refractivity contribution in [3.63, 3.8) is 0 Å². The number of nitro benzene ring substituents is 1. The van der Waals surface area contributed by atoms with Crippen LogP contribution < -0.4 is 0 Å². The molecule has 2 aliphatic rings. The van der Waals surface area contributed by atoms with E-state index in [0.717, 1.165) is 0 Å². The molecule has 1 unspecified atom stereocenters. The van der Waals surface area contributed by atoms with E-state index < -0.39 is 34.2 Å². The van der Waals surface area contributed by atoms with Crippen LogP contribution in [0, 0.1) is 16.0 Å². The van der Waals surface area contributed by atoms with Crippen LogP contribution in [-0.4, -0.2) is 34.1 Å². The molecule has 1 aliphatic carbocycles. The van der Waals surface area contributed by atoms with Gasteiger partial charge in [-0.2, -0.15) is 0 Å². The lowest BCUT2D eigenvalue weighted by Gasteiger charge is -2.35. The maximum atomic E-state index is 12.8. The van der Waals surface area contributed by atoms with Crippen LogP contribution in [0.2, 0.25) is 0 Å². The van der Waals surface area contributed by atoms with Crippen LogP contribution in [0.3, 0.4) is 0 Å². The van der Waals surface area contributed by atoms with Gasteiger partial charge in [-0.3, -0.25) is 24.7 Å². The first-order valence-electron chi connectivity index (χ1n) is 9.36. The van der Waals surface area contributed by atoms with Crippen LogP contribution in [0.1, 0.15) is 51.0 Å². The number of hydrogen-bond acceptors (Lipinski definition) is 7. The third-order valence-electron chi connectivity index (χ3n) is 5.17. The Morgan fingerprint density at radius 1 is 1.36 bits per heavy atom. The van der Waals surface area contributed by atoms with E-state index >= 15 is 0 Å². The predicted octanol–water partition coefficient (Wildman–Crippen LogP) is 3.44. The van der Waals surface area contributed by atoms with Gasteiger partial charge in [0.05, 0.1) is 11.5 Å². The van der Waals surface area contributed by atoms with Crippen molar-refractivity contribution >= 4 is 23.2 Å². The highest BCUT2D eigenvalue weighted by atomic mass is 16.6. The summed E-state index contributed by atoms with van der Waals surface area (Å²) in [5.41, 5.74) is 1.64. The van der Waals surface area contributed by atoms with Gasteiger partial charge in [-0.05, 0) is 37.8 Å². The quantitative estimate of drug-likeness (QED) is 0.470. The number of phenolic OH excluding ortho intramolecular Hbond substituents is 1. The highest BCUT2D eigenvalue weighted by Crippen LogP contribution is 2.45. The van der Waals surface area contributed by atoms with E-state index in [9.17, 15) is 24.8 Å². The summed E-state index contributed by atoms with van der Waals surface area (Å²) in [5.74, 6) is -2.61. The highest BCUT2D eigenvalue weighted by Gasteiger charge is 2.44. The van der Waals surface area contributed by atoms with Crippen LogP contribution in [0.4, 0.5) is 5.69 Å². The molecule has 1 N–H and O–H groups in total. The van der Waals surface area contributed by atoms with Crippen LogP contribution in [0.25, 0.3) is 0 Å². The number of phenols is 1. The average Bonchev–Trinajstić information content (AvgIpc) is 2.67. The second-order valence-electron chi connectivity index (χ2n) is 6.81. The summed E-state index contributed by atoms with van der Waals surface area (Å²) >= 11 is 0. The van der Waals surface area contributed by atoms with Gasteiger partial charge in [0.2, 0.25) is 0 Å². The lowest BCUT2D eigenvalue weighted by atomic mass is 9.71. The van der Waals surface area contributed by atoms with Gasteiger partial charge in [0.1, 0.15) is 5.92 Å². The molecule has 0 bridgehead atoms. The first-order chi connectivity index (χ1) is 13.4. The Hall–Kier alpha value is -3.03. The van der Waals surface area contributed by atoms with E-state index in [1.165, 1.54) is 18.2 Å². The molecular weight excluding hydrogens is 364 g/mol. The fourth-order valence-corrected chi connectivity index (χ4v) is 3.96. The predicted molar refractivity (Wildman–Crippen MR) is 101 cm³/mol. The number of esters is 1. The molecule has 0 spiro atoms. The smallest absolute Gasteiger partial charge is 0.315 e. The molecule has 3 rings (SSSR count).